The molecule has 1 aliphatic rings. The third-order valence-corrected chi connectivity index (χ3v) is 4.18. The number of hydrogen-bond donors (Lipinski definition) is 1. The van der Waals surface area contributed by atoms with Crippen LogP contribution in [0.15, 0.2) is 23.1 Å². The van der Waals surface area contributed by atoms with Gasteiger partial charge in [-0.25, -0.2) is 0 Å². The van der Waals surface area contributed by atoms with Crippen molar-refractivity contribution in [2.24, 2.45) is 0 Å². The zero-order valence-electron chi connectivity index (χ0n) is 10.4. The first kappa shape index (κ1) is 14.7. The summed E-state index contributed by atoms with van der Waals surface area (Å²) in [6, 6.07) is 6.96. The Balaban J connectivity index is 0.00000144. The van der Waals surface area contributed by atoms with Crippen molar-refractivity contribution in [2.45, 2.75) is 30.7 Å². The molecular weight excluding hydrogens is 254 g/mol. The quantitative estimate of drug-likeness (QED) is 0.911. The lowest BCUT2D eigenvalue weighted by Crippen LogP contribution is -2.35. The second kappa shape index (κ2) is 7.14. The number of halogens is 1. The molecule has 2 nitrogen and oxygen atoms in total. The highest BCUT2D eigenvalue weighted by Gasteiger charge is 2.20. The van der Waals surface area contributed by atoms with Gasteiger partial charge < -0.3 is 10.1 Å². The highest BCUT2D eigenvalue weighted by molar-refractivity contribution is 7.99. The van der Waals surface area contributed by atoms with Crippen LogP contribution in [0.4, 0.5) is 0 Å². The maximum absolute atomic E-state index is 5.39. The van der Waals surface area contributed by atoms with Crippen LogP contribution in [0.3, 0.4) is 0 Å². The summed E-state index contributed by atoms with van der Waals surface area (Å²) < 4.78 is 5.39. The zero-order chi connectivity index (χ0) is 11.4. The molecule has 1 N–H and O–H groups in total. The van der Waals surface area contributed by atoms with Crippen LogP contribution in [0.5, 0.6) is 5.75 Å². The molecule has 1 aromatic rings. The predicted octanol–water partition coefficient (Wildman–Crippen LogP) is 3.13. The Hall–Kier alpha value is -0.380. The van der Waals surface area contributed by atoms with Crippen LogP contribution in [-0.2, 0) is 6.42 Å². The van der Waals surface area contributed by atoms with Gasteiger partial charge in [-0.05, 0) is 31.0 Å². The van der Waals surface area contributed by atoms with Gasteiger partial charge in [0.15, 0.2) is 0 Å². The lowest BCUT2D eigenvalue weighted by molar-refractivity contribution is 0.402. The Labute approximate surface area is 114 Å². The summed E-state index contributed by atoms with van der Waals surface area (Å²) in [6.07, 6.45) is 2.33. The van der Waals surface area contributed by atoms with Gasteiger partial charge >= 0.3 is 0 Å². The van der Waals surface area contributed by atoms with Crippen LogP contribution in [0.1, 0.15) is 18.9 Å². The highest BCUT2D eigenvalue weighted by Crippen LogP contribution is 2.37. The minimum Gasteiger partial charge on any atom is -0.496 e. The van der Waals surface area contributed by atoms with E-state index in [2.05, 4.69) is 24.4 Å². The van der Waals surface area contributed by atoms with E-state index in [0.29, 0.717) is 6.04 Å². The number of fused-ring (bicyclic) bond motifs is 1. The monoisotopic (exact) mass is 273 g/mol. The van der Waals surface area contributed by atoms with E-state index in [1.54, 1.807) is 7.11 Å². The highest BCUT2D eigenvalue weighted by atomic mass is 35.5. The lowest BCUT2D eigenvalue weighted by atomic mass is 10.1. The maximum atomic E-state index is 5.39. The maximum Gasteiger partial charge on any atom is 0.132 e. The van der Waals surface area contributed by atoms with Crippen LogP contribution >= 0.6 is 24.2 Å². The zero-order valence-corrected chi connectivity index (χ0v) is 12.0. The standard InChI is InChI=1S/C13H19NOS.ClH/c1-3-7-14-11-8-10-5-4-6-12(15-2)13(10)16-9-11;/h4-6,11,14H,3,7-9H2,1-2H3;1H. The van der Waals surface area contributed by atoms with E-state index < -0.39 is 0 Å². The van der Waals surface area contributed by atoms with E-state index in [1.807, 2.05) is 17.8 Å². The van der Waals surface area contributed by atoms with Gasteiger partial charge in [-0.3, -0.25) is 0 Å². The third-order valence-electron chi connectivity index (χ3n) is 2.86. The third kappa shape index (κ3) is 3.54. The van der Waals surface area contributed by atoms with Crippen LogP contribution in [0.2, 0.25) is 0 Å². The topological polar surface area (TPSA) is 21.3 Å². The minimum absolute atomic E-state index is 0. The van der Waals surface area contributed by atoms with Gasteiger partial charge in [0.25, 0.3) is 0 Å². The van der Waals surface area contributed by atoms with Gasteiger partial charge in [0.1, 0.15) is 5.75 Å². The minimum atomic E-state index is 0. The fraction of sp³-hybridized carbons (Fsp3) is 0.538. The van der Waals surface area contributed by atoms with Gasteiger partial charge in [0.2, 0.25) is 0 Å². The molecule has 1 unspecified atom stereocenters. The fourth-order valence-electron chi connectivity index (χ4n) is 2.03. The van der Waals surface area contributed by atoms with Crippen molar-refractivity contribution in [1.82, 2.24) is 5.32 Å². The summed E-state index contributed by atoms with van der Waals surface area (Å²) in [6.45, 7) is 3.32. The number of hydrogen-bond acceptors (Lipinski definition) is 3. The Bertz CT molecular complexity index is 359. The molecule has 1 atom stereocenters. The van der Waals surface area contributed by atoms with E-state index in [4.69, 9.17) is 4.74 Å². The molecule has 0 saturated carbocycles. The molecule has 0 aliphatic carbocycles. The average Bonchev–Trinajstić information content (AvgIpc) is 2.35. The summed E-state index contributed by atoms with van der Waals surface area (Å²) in [7, 11) is 1.75. The predicted molar refractivity (Wildman–Crippen MR) is 76.8 cm³/mol. The van der Waals surface area contributed by atoms with Gasteiger partial charge in [0.05, 0.1) is 12.0 Å². The molecule has 0 spiro atoms. The van der Waals surface area contributed by atoms with Crippen molar-refractivity contribution >= 4 is 24.2 Å². The Kier molecular flexibility index (Phi) is 6.17. The molecule has 1 aliphatic heterocycles. The summed E-state index contributed by atoms with van der Waals surface area (Å²) in [5, 5.41) is 3.59. The molecule has 0 radical (unpaired) electrons. The smallest absolute Gasteiger partial charge is 0.132 e. The molecule has 1 aromatic carbocycles. The number of methoxy groups -OCH3 is 1. The summed E-state index contributed by atoms with van der Waals surface area (Å²) in [5.74, 6) is 2.17. The average molecular weight is 274 g/mol. The molecule has 0 bridgehead atoms. The molecule has 96 valence electrons. The molecule has 17 heavy (non-hydrogen) atoms. The van der Waals surface area contributed by atoms with Crippen LogP contribution in [0.25, 0.3) is 0 Å². The molecule has 1 heterocycles. The fourth-order valence-corrected chi connectivity index (χ4v) is 3.27. The summed E-state index contributed by atoms with van der Waals surface area (Å²) in [5.41, 5.74) is 1.42. The van der Waals surface area contributed by atoms with E-state index in [9.17, 15) is 0 Å². The molecule has 0 aromatic heterocycles. The number of benzene rings is 1. The SMILES string of the molecule is CCCNC1CSc2c(cccc2OC)C1.Cl. The number of thioether (sulfide) groups is 1. The Morgan fingerprint density at radius 3 is 3.00 bits per heavy atom. The second-order valence-corrected chi connectivity index (χ2v) is 5.14. The van der Waals surface area contributed by atoms with Crippen LogP contribution in [0, 0.1) is 0 Å². The Morgan fingerprint density at radius 2 is 2.29 bits per heavy atom. The first-order valence-electron chi connectivity index (χ1n) is 5.87. The van der Waals surface area contributed by atoms with Gasteiger partial charge in [-0.15, -0.1) is 24.2 Å². The number of nitrogens with one attached hydrogen (secondary N) is 1. The largest absolute Gasteiger partial charge is 0.496 e. The summed E-state index contributed by atoms with van der Waals surface area (Å²) >= 11 is 1.91. The molecule has 0 amide bonds. The molecule has 0 fully saturated rings. The van der Waals surface area contributed by atoms with Crippen molar-refractivity contribution in [3.63, 3.8) is 0 Å². The van der Waals surface area contributed by atoms with Crippen LogP contribution < -0.4 is 10.1 Å². The molecule has 0 saturated heterocycles. The molecule has 4 heteroatoms. The van der Waals surface area contributed by atoms with Gasteiger partial charge in [-0.1, -0.05) is 19.1 Å². The molecular formula is C13H20ClNOS. The first-order chi connectivity index (χ1) is 7.85. The molecule has 2 rings (SSSR count). The van der Waals surface area contributed by atoms with E-state index >= 15 is 0 Å². The summed E-state index contributed by atoms with van der Waals surface area (Å²) in [4.78, 5) is 1.33. The van der Waals surface area contributed by atoms with Crippen molar-refractivity contribution < 1.29 is 4.74 Å². The number of ether oxygens (including phenoxy) is 1. The van der Waals surface area contributed by atoms with Crippen molar-refractivity contribution in [3.05, 3.63) is 23.8 Å². The van der Waals surface area contributed by atoms with E-state index in [1.165, 1.54) is 16.9 Å². The number of rotatable bonds is 4. The Morgan fingerprint density at radius 1 is 1.47 bits per heavy atom. The van der Waals surface area contributed by atoms with Crippen molar-refractivity contribution in [3.8, 4) is 5.75 Å². The normalized spacial score (nSPS) is 18.1. The van der Waals surface area contributed by atoms with E-state index in [0.717, 1.165) is 24.5 Å². The van der Waals surface area contributed by atoms with Crippen molar-refractivity contribution in [1.29, 1.82) is 0 Å². The van der Waals surface area contributed by atoms with Gasteiger partial charge in [0, 0.05) is 11.8 Å². The van der Waals surface area contributed by atoms with Crippen molar-refractivity contribution in [2.75, 3.05) is 19.4 Å². The van der Waals surface area contributed by atoms with Gasteiger partial charge in [-0.2, -0.15) is 0 Å². The van der Waals surface area contributed by atoms with Crippen LogP contribution in [-0.4, -0.2) is 25.4 Å². The van der Waals surface area contributed by atoms with E-state index in [-0.39, 0.29) is 12.4 Å². The lowest BCUT2D eigenvalue weighted by Gasteiger charge is -2.26. The second-order valence-electron chi connectivity index (χ2n) is 4.11. The first-order valence-corrected chi connectivity index (χ1v) is 6.85.